The minimum absolute atomic E-state index is 0.0987. The normalized spacial score (nSPS) is 26.2. The number of benzene rings is 2. The van der Waals surface area contributed by atoms with Crippen LogP contribution in [0.4, 0.5) is 22.0 Å². The Kier molecular flexibility index (Phi) is 10.7. The zero-order valence-electron chi connectivity index (χ0n) is 25.4. The summed E-state index contributed by atoms with van der Waals surface area (Å²) in [6, 6.07) is 3.95. The molecule has 0 spiro atoms. The number of hydrogen-bond donors (Lipinski definition) is 3. The molecule has 17 heteroatoms. The number of carbonyl (C=O) groups is 2. The fourth-order valence-corrected chi connectivity index (χ4v) is 6.38. The van der Waals surface area contributed by atoms with Gasteiger partial charge in [-0.25, -0.2) is 13.5 Å². The minimum Gasteiger partial charge on any atom is -0.457 e. The first kappa shape index (κ1) is 35.6. The fraction of sp³-hybridized carbons (Fsp3) is 0.484. The molecule has 48 heavy (non-hydrogen) atoms. The van der Waals surface area contributed by atoms with Crippen molar-refractivity contribution in [2.45, 2.75) is 87.9 Å². The number of amides is 1. The molecule has 3 aromatic rings. The second kappa shape index (κ2) is 14.4. The molecule has 2 heterocycles. The first-order valence-electron chi connectivity index (χ1n) is 15.0. The number of alkyl halides is 3. The summed E-state index contributed by atoms with van der Waals surface area (Å²) in [5, 5.41) is 39.4. The predicted octanol–water partition coefficient (Wildman–Crippen LogP) is 3.82. The van der Waals surface area contributed by atoms with Crippen LogP contribution in [0.5, 0.6) is 0 Å². The summed E-state index contributed by atoms with van der Waals surface area (Å²) in [5.41, 5.74) is -1.47. The molecule has 2 aromatic carbocycles. The van der Waals surface area contributed by atoms with Crippen LogP contribution in [0, 0.1) is 11.6 Å². The molecule has 0 radical (unpaired) electrons. The summed E-state index contributed by atoms with van der Waals surface area (Å²) in [4.78, 5) is 27.9. The summed E-state index contributed by atoms with van der Waals surface area (Å²) in [6.07, 6.45) is -9.80. The zero-order chi connectivity index (χ0) is 34.9. The SMILES string of the molecule is CC(=O)O[C@@H]1[C@@H](n2cc(-c3cc(F)c(Cl)c(F)c3)nn2)[C@@H](O)[C@@H](CO)O[C@H]1C(=O)N(Cc1ccccc1C(F)(F)F)[C@H]1CCCC[C@@H]1O. The Morgan fingerprint density at radius 1 is 1.12 bits per heavy atom. The molecule has 7 atom stereocenters. The van der Waals surface area contributed by atoms with Crippen molar-refractivity contribution < 1.29 is 56.3 Å². The van der Waals surface area contributed by atoms with E-state index >= 15 is 0 Å². The monoisotopic (exact) mass is 702 g/mol. The van der Waals surface area contributed by atoms with Gasteiger partial charge in [-0.1, -0.05) is 47.9 Å². The smallest absolute Gasteiger partial charge is 0.416 e. The second-order valence-electron chi connectivity index (χ2n) is 11.7. The van der Waals surface area contributed by atoms with E-state index in [1.54, 1.807) is 0 Å². The van der Waals surface area contributed by atoms with Crippen LogP contribution in [0.15, 0.2) is 42.6 Å². The lowest BCUT2D eigenvalue weighted by molar-refractivity contribution is -0.223. The van der Waals surface area contributed by atoms with Crippen LogP contribution in [0.2, 0.25) is 5.02 Å². The van der Waals surface area contributed by atoms with Crippen molar-refractivity contribution in [1.29, 1.82) is 0 Å². The maximum atomic E-state index is 14.5. The lowest BCUT2D eigenvalue weighted by Crippen LogP contribution is -2.63. The second-order valence-corrected chi connectivity index (χ2v) is 12.1. The lowest BCUT2D eigenvalue weighted by Gasteiger charge is -2.46. The third-order valence-electron chi connectivity index (χ3n) is 8.55. The predicted molar refractivity (Wildman–Crippen MR) is 157 cm³/mol. The van der Waals surface area contributed by atoms with Gasteiger partial charge in [-0.3, -0.25) is 9.59 Å². The van der Waals surface area contributed by atoms with Gasteiger partial charge >= 0.3 is 12.1 Å². The third-order valence-corrected chi connectivity index (χ3v) is 8.91. The standard InChI is InChI=1S/C31H32ClF5N4O7/c1-15(43)47-28-26(41-13-21(38-39-41)17-10-19(33)25(32)20(34)11-17)27(45)24(14-42)48-29(28)30(46)40(22-8-4-5-9-23(22)44)12-16-6-2-3-7-18(16)31(35,36)37/h2-3,6-7,10-11,13,22-24,26-29,42,44-45H,4-5,8-9,12,14H2,1H3/t22-,23-,24+,26-,27-,28+,29+/m0/s1. The van der Waals surface area contributed by atoms with Crippen molar-refractivity contribution in [3.05, 3.63) is 70.4 Å². The van der Waals surface area contributed by atoms with Gasteiger partial charge in [0, 0.05) is 19.0 Å². The molecule has 1 aliphatic heterocycles. The molecular weight excluding hydrogens is 671 g/mol. The van der Waals surface area contributed by atoms with E-state index in [1.165, 1.54) is 18.2 Å². The minimum atomic E-state index is -4.77. The Bertz CT molecular complexity index is 1620. The molecule has 2 fully saturated rings. The van der Waals surface area contributed by atoms with Gasteiger partial charge in [-0.2, -0.15) is 13.2 Å². The first-order valence-corrected chi connectivity index (χ1v) is 15.4. The number of hydrogen-bond acceptors (Lipinski definition) is 9. The van der Waals surface area contributed by atoms with E-state index in [9.17, 15) is 46.9 Å². The Balaban J connectivity index is 1.57. The van der Waals surface area contributed by atoms with Crippen LogP contribution in [-0.4, -0.2) is 90.3 Å². The molecule has 0 bridgehead atoms. The molecule has 11 nitrogen and oxygen atoms in total. The number of aliphatic hydroxyl groups is 3. The molecule has 3 N–H and O–H groups in total. The summed E-state index contributed by atoms with van der Waals surface area (Å²) >= 11 is 5.58. The van der Waals surface area contributed by atoms with E-state index in [0.717, 1.165) is 40.9 Å². The molecule has 260 valence electrons. The molecule has 5 rings (SSSR count). The highest BCUT2D eigenvalue weighted by atomic mass is 35.5. The van der Waals surface area contributed by atoms with Gasteiger partial charge in [0.2, 0.25) is 0 Å². The number of aliphatic hydroxyl groups excluding tert-OH is 3. The van der Waals surface area contributed by atoms with Crippen molar-refractivity contribution in [2.24, 2.45) is 0 Å². The molecular formula is C31H32ClF5N4O7. The fourth-order valence-electron chi connectivity index (χ4n) is 6.27. The quantitative estimate of drug-likeness (QED) is 0.181. The highest BCUT2D eigenvalue weighted by molar-refractivity contribution is 6.31. The topological polar surface area (TPSA) is 147 Å². The number of rotatable bonds is 8. The van der Waals surface area contributed by atoms with E-state index < -0.39 is 96.0 Å². The van der Waals surface area contributed by atoms with Gasteiger partial charge in [-0.05, 0) is 36.6 Å². The Hall–Kier alpha value is -3.70. The number of ether oxygens (including phenoxy) is 2. The number of carbonyl (C=O) groups excluding carboxylic acids is 2. The third kappa shape index (κ3) is 7.32. The summed E-state index contributed by atoms with van der Waals surface area (Å²) < 4.78 is 82.7. The van der Waals surface area contributed by atoms with E-state index in [0.29, 0.717) is 12.8 Å². The van der Waals surface area contributed by atoms with Crippen molar-refractivity contribution in [2.75, 3.05) is 6.61 Å². The maximum absolute atomic E-state index is 14.5. The Labute approximate surface area is 275 Å². The van der Waals surface area contributed by atoms with Gasteiger partial charge in [0.05, 0.1) is 30.5 Å². The van der Waals surface area contributed by atoms with Crippen LogP contribution >= 0.6 is 11.6 Å². The molecule has 2 aliphatic rings. The number of nitrogens with zero attached hydrogens (tertiary/aromatic N) is 4. The molecule has 0 unspecified atom stereocenters. The van der Waals surface area contributed by atoms with E-state index in [1.807, 2.05) is 0 Å². The largest absolute Gasteiger partial charge is 0.457 e. The Morgan fingerprint density at radius 3 is 2.42 bits per heavy atom. The van der Waals surface area contributed by atoms with Gasteiger partial charge in [0.15, 0.2) is 12.2 Å². The van der Waals surface area contributed by atoms with E-state index in [4.69, 9.17) is 21.1 Å². The van der Waals surface area contributed by atoms with Gasteiger partial charge in [-0.15, -0.1) is 5.10 Å². The molecule has 1 aromatic heterocycles. The van der Waals surface area contributed by atoms with Crippen LogP contribution in [0.25, 0.3) is 11.3 Å². The van der Waals surface area contributed by atoms with Gasteiger partial charge in [0.1, 0.15) is 40.6 Å². The summed E-state index contributed by atoms with van der Waals surface area (Å²) in [5.74, 6) is -4.10. The van der Waals surface area contributed by atoms with Crippen LogP contribution in [0.3, 0.4) is 0 Å². The van der Waals surface area contributed by atoms with Crippen LogP contribution in [-0.2, 0) is 31.8 Å². The summed E-state index contributed by atoms with van der Waals surface area (Å²) in [7, 11) is 0. The average molecular weight is 703 g/mol. The summed E-state index contributed by atoms with van der Waals surface area (Å²) in [6.45, 7) is -0.454. The molecule has 1 aliphatic carbocycles. The van der Waals surface area contributed by atoms with Gasteiger partial charge in [0.25, 0.3) is 5.91 Å². The Morgan fingerprint density at radius 2 is 1.79 bits per heavy atom. The molecule has 1 saturated carbocycles. The van der Waals surface area contributed by atoms with Crippen molar-refractivity contribution in [3.8, 4) is 11.3 Å². The van der Waals surface area contributed by atoms with Crippen LogP contribution in [0.1, 0.15) is 49.8 Å². The van der Waals surface area contributed by atoms with E-state index in [-0.39, 0.29) is 29.7 Å². The molecule has 1 amide bonds. The molecule has 1 saturated heterocycles. The number of halogens is 6. The number of aromatic nitrogens is 3. The highest BCUT2D eigenvalue weighted by Gasteiger charge is 2.53. The maximum Gasteiger partial charge on any atom is 0.416 e. The average Bonchev–Trinajstić information content (AvgIpc) is 3.52. The first-order chi connectivity index (χ1) is 22.7. The lowest BCUT2D eigenvalue weighted by atomic mass is 9.88. The van der Waals surface area contributed by atoms with Crippen molar-refractivity contribution >= 4 is 23.5 Å². The van der Waals surface area contributed by atoms with E-state index in [2.05, 4.69) is 10.3 Å². The number of esters is 1. The van der Waals surface area contributed by atoms with Crippen LogP contribution < -0.4 is 0 Å². The van der Waals surface area contributed by atoms with Crippen molar-refractivity contribution in [3.63, 3.8) is 0 Å². The zero-order valence-corrected chi connectivity index (χ0v) is 26.1. The highest BCUT2D eigenvalue weighted by Crippen LogP contribution is 2.38. The van der Waals surface area contributed by atoms with Crippen molar-refractivity contribution in [1.82, 2.24) is 19.9 Å². The van der Waals surface area contributed by atoms with Gasteiger partial charge < -0.3 is 29.7 Å².